The van der Waals surface area contributed by atoms with Crippen LogP contribution < -0.4 is 5.32 Å². The molecule has 2 saturated heterocycles. The van der Waals surface area contributed by atoms with E-state index < -0.39 is 0 Å². The quantitative estimate of drug-likeness (QED) is 0.734. The highest BCUT2D eigenvalue weighted by Gasteiger charge is 2.28. The molecule has 0 bridgehead atoms. The Morgan fingerprint density at radius 3 is 2.88 bits per heavy atom. The molecule has 92 valence electrons. The van der Waals surface area contributed by atoms with Crippen molar-refractivity contribution in [1.29, 1.82) is 0 Å². The van der Waals surface area contributed by atoms with Gasteiger partial charge in [0, 0.05) is 19.1 Å². The van der Waals surface area contributed by atoms with Crippen LogP contribution in [0.25, 0.3) is 0 Å². The van der Waals surface area contributed by atoms with Gasteiger partial charge in [-0.05, 0) is 46.3 Å². The number of hydrogen-bond donors (Lipinski definition) is 1. The minimum Gasteiger partial charge on any atom is -0.340 e. The first-order chi connectivity index (χ1) is 7.68. The van der Waals surface area contributed by atoms with Gasteiger partial charge < -0.3 is 15.1 Å². The molecule has 0 aromatic heterocycles. The summed E-state index contributed by atoms with van der Waals surface area (Å²) in [4.78, 5) is 16.5. The second kappa shape index (κ2) is 5.15. The summed E-state index contributed by atoms with van der Waals surface area (Å²) in [5.74, 6) is 0.276. The molecule has 0 radical (unpaired) electrons. The van der Waals surface area contributed by atoms with Crippen LogP contribution in [0.15, 0.2) is 0 Å². The second-order valence-electron chi connectivity index (χ2n) is 5.09. The summed E-state index contributed by atoms with van der Waals surface area (Å²) >= 11 is 0. The number of nitrogens with one attached hydrogen (secondary N) is 1. The maximum Gasteiger partial charge on any atom is 0.239 e. The monoisotopic (exact) mass is 225 g/mol. The van der Waals surface area contributed by atoms with Gasteiger partial charge in [-0.2, -0.15) is 0 Å². The predicted octanol–water partition coefficient (Wildman–Crippen LogP) is 0.291. The molecule has 2 fully saturated rings. The summed E-state index contributed by atoms with van der Waals surface area (Å²) in [6, 6.07) is 0.573. The highest BCUT2D eigenvalue weighted by atomic mass is 16.2. The molecule has 2 aliphatic rings. The first kappa shape index (κ1) is 11.9. The van der Waals surface area contributed by atoms with E-state index in [0.29, 0.717) is 6.04 Å². The number of carbonyl (C=O) groups excluding carboxylic acids is 1. The van der Waals surface area contributed by atoms with E-state index in [1.165, 1.54) is 19.4 Å². The summed E-state index contributed by atoms with van der Waals surface area (Å²) in [5.41, 5.74) is 0. The lowest BCUT2D eigenvalue weighted by atomic mass is 10.2. The zero-order valence-corrected chi connectivity index (χ0v) is 10.4. The Morgan fingerprint density at radius 2 is 2.19 bits per heavy atom. The van der Waals surface area contributed by atoms with Gasteiger partial charge >= 0.3 is 0 Å². The van der Waals surface area contributed by atoms with Gasteiger partial charge in [0.1, 0.15) is 0 Å². The molecule has 0 aromatic carbocycles. The maximum absolute atomic E-state index is 12.1. The first-order valence-electron chi connectivity index (χ1n) is 6.41. The van der Waals surface area contributed by atoms with E-state index in [2.05, 4.69) is 22.2 Å². The van der Waals surface area contributed by atoms with Crippen molar-refractivity contribution < 1.29 is 4.79 Å². The van der Waals surface area contributed by atoms with Crippen molar-refractivity contribution in [2.75, 3.05) is 33.2 Å². The van der Waals surface area contributed by atoms with E-state index in [1.54, 1.807) is 0 Å². The molecular formula is C12H23N3O. The van der Waals surface area contributed by atoms with Crippen molar-refractivity contribution in [2.24, 2.45) is 0 Å². The molecule has 1 N–H and O–H groups in total. The SMILES string of the molecule is CC1NCCCN(CC2CCCN2C)C1=O. The van der Waals surface area contributed by atoms with Crippen LogP contribution in [-0.2, 0) is 4.79 Å². The molecule has 2 heterocycles. The van der Waals surface area contributed by atoms with Crippen LogP contribution in [0.3, 0.4) is 0 Å². The van der Waals surface area contributed by atoms with Gasteiger partial charge in [-0.1, -0.05) is 0 Å². The highest BCUT2D eigenvalue weighted by Crippen LogP contribution is 2.17. The predicted molar refractivity (Wildman–Crippen MR) is 64.3 cm³/mol. The number of amides is 1. The topological polar surface area (TPSA) is 35.6 Å². The molecular weight excluding hydrogens is 202 g/mol. The molecule has 1 amide bonds. The number of carbonyl (C=O) groups is 1. The summed E-state index contributed by atoms with van der Waals surface area (Å²) < 4.78 is 0. The van der Waals surface area contributed by atoms with Gasteiger partial charge in [0.25, 0.3) is 0 Å². The lowest BCUT2D eigenvalue weighted by Crippen LogP contribution is -2.46. The smallest absolute Gasteiger partial charge is 0.239 e. The summed E-state index contributed by atoms with van der Waals surface area (Å²) in [5, 5.41) is 3.26. The third-order valence-electron chi connectivity index (χ3n) is 3.84. The van der Waals surface area contributed by atoms with Crippen LogP contribution in [0.1, 0.15) is 26.2 Å². The lowest BCUT2D eigenvalue weighted by Gasteiger charge is -2.29. The number of rotatable bonds is 2. The molecule has 2 unspecified atom stereocenters. The maximum atomic E-state index is 12.1. The van der Waals surface area contributed by atoms with Gasteiger partial charge in [-0.3, -0.25) is 4.79 Å². The summed E-state index contributed by atoms with van der Waals surface area (Å²) in [6.45, 7) is 5.95. The third-order valence-corrected chi connectivity index (χ3v) is 3.84. The Labute approximate surface area is 98.0 Å². The molecule has 0 aromatic rings. The van der Waals surface area contributed by atoms with Crippen LogP contribution in [-0.4, -0.2) is 61.0 Å². The minimum absolute atomic E-state index is 0.00536. The molecule has 2 rings (SSSR count). The molecule has 4 heteroatoms. The van der Waals surface area contributed by atoms with Gasteiger partial charge in [-0.15, -0.1) is 0 Å². The van der Waals surface area contributed by atoms with E-state index in [-0.39, 0.29) is 11.9 Å². The Balaban J connectivity index is 1.93. The molecule has 0 spiro atoms. The number of nitrogens with zero attached hydrogens (tertiary/aromatic N) is 2. The molecule has 2 aliphatic heterocycles. The van der Waals surface area contributed by atoms with Gasteiger partial charge in [0.2, 0.25) is 5.91 Å². The lowest BCUT2D eigenvalue weighted by molar-refractivity contribution is -0.132. The highest BCUT2D eigenvalue weighted by molar-refractivity contribution is 5.81. The standard InChI is InChI=1S/C12H23N3O/c1-10-12(16)15(8-4-6-13-10)9-11-5-3-7-14(11)2/h10-11,13H,3-9H2,1-2H3. The Kier molecular flexibility index (Phi) is 3.82. The molecule has 0 saturated carbocycles. The van der Waals surface area contributed by atoms with Crippen LogP contribution in [0, 0.1) is 0 Å². The average molecular weight is 225 g/mol. The summed E-state index contributed by atoms with van der Waals surface area (Å²) in [7, 11) is 2.17. The van der Waals surface area contributed by atoms with E-state index in [0.717, 1.165) is 26.1 Å². The van der Waals surface area contributed by atoms with E-state index in [9.17, 15) is 4.79 Å². The van der Waals surface area contributed by atoms with Gasteiger partial charge in [0.05, 0.1) is 6.04 Å². The Morgan fingerprint density at radius 1 is 1.38 bits per heavy atom. The van der Waals surface area contributed by atoms with Crippen molar-refractivity contribution in [3.05, 3.63) is 0 Å². The van der Waals surface area contributed by atoms with Crippen molar-refractivity contribution in [2.45, 2.75) is 38.3 Å². The van der Waals surface area contributed by atoms with E-state index in [1.807, 2.05) is 6.92 Å². The van der Waals surface area contributed by atoms with Crippen molar-refractivity contribution in [1.82, 2.24) is 15.1 Å². The van der Waals surface area contributed by atoms with Gasteiger partial charge in [0.15, 0.2) is 0 Å². The number of likely N-dealkylation sites (N-methyl/N-ethyl adjacent to an activating group) is 1. The fraction of sp³-hybridized carbons (Fsp3) is 0.917. The summed E-state index contributed by atoms with van der Waals surface area (Å²) in [6.07, 6.45) is 3.59. The molecule has 2 atom stereocenters. The van der Waals surface area contributed by atoms with E-state index in [4.69, 9.17) is 0 Å². The zero-order valence-electron chi connectivity index (χ0n) is 10.4. The van der Waals surface area contributed by atoms with Crippen LogP contribution in [0.5, 0.6) is 0 Å². The Hall–Kier alpha value is -0.610. The second-order valence-corrected chi connectivity index (χ2v) is 5.09. The van der Waals surface area contributed by atoms with Crippen molar-refractivity contribution in [3.63, 3.8) is 0 Å². The van der Waals surface area contributed by atoms with Crippen LogP contribution >= 0.6 is 0 Å². The van der Waals surface area contributed by atoms with Gasteiger partial charge in [-0.25, -0.2) is 0 Å². The fourth-order valence-electron chi connectivity index (χ4n) is 2.71. The van der Waals surface area contributed by atoms with Crippen molar-refractivity contribution in [3.8, 4) is 0 Å². The third kappa shape index (κ3) is 2.55. The average Bonchev–Trinajstić information content (AvgIpc) is 2.60. The Bertz CT molecular complexity index is 257. The normalized spacial score (nSPS) is 33.1. The molecule has 16 heavy (non-hydrogen) atoms. The minimum atomic E-state index is -0.00536. The largest absolute Gasteiger partial charge is 0.340 e. The fourth-order valence-corrected chi connectivity index (χ4v) is 2.71. The number of likely N-dealkylation sites (tertiary alicyclic amines) is 1. The van der Waals surface area contributed by atoms with Crippen molar-refractivity contribution >= 4 is 5.91 Å². The molecule has 4 nitrogen and oxygen atoms in total. The van der Waals surface area contributed by atoms with Crippen LogP contribution in [0.2, 0.25) is 0 Å². The molecule has 0 aliphatic carbocycles. The number of hydrogen-bond acceptors (Lipinski definition) is 3. The first-order valence-corrected chi connectivity index (χ1v) is 6.41. The van der Waals surface area contributed by atoms with E-state index >= 15 is 0 Å². The zero-order chi connectivity index (χ0) is 11.5. The van der Waals surface area contributed by atoms with Crippen LogP contribution in [0.4, 0.5) is 0 Å².